The minimum Gasteiger partial charge on any atom is -0.355 e. The van der Waals surface area contributed by atoms with Crippen molar-refractivity contribution in [2.45, 2.75) is 25.1 Å². The SMILES string of the molecule is O=C1C[C@H](C(=O)NC2=NN(c3ccccc3)C(c3cccc(C(F)(F)F)c3)C2)CN1. The molecule has 0 radical (unpaired) electrons. The minimum absolute atomic E-state index is 0.110. The fraction of sp³-hybridized carbons (Fsp3) is 0.286. The number of hydrazone groups is 1. The number of para-hydroxylation sites is 1. The quantitative estimate of drug-likeness (QED) is 0.807. The Morgan fingerprint density at radius 3 is 2.53 bits per heavy atom. The van der Waals surface area contributed by atoms with E-state index in [-0.39, 0.29) is 31.2 Å². The normalized spacial score (nSPS) is 21.4. The fourth-order valence-corrected chi connectivity index (χ4v) is 3.62. The van der Waals surface area contributed by atoms with Crippen LogP contribution in [0.2, 0.25) is 0 Å². The number of alkyl halides is 3. The lowest BCUT2D eigenvalue weighted by Gasteiger charge is -2.24. The van der Waals surface area contributed by atoms with Crippen LogP contribution in [0, 0.1) is 5.92 Å². The summed E-state index contributed by atoms with van der Waals surface area (Å²) in [6.07, 6.45) is -4.11. The monoisotopic (exact) mass is 416 g/mol. The molecule has 2 amide bonds. The van der Waals surface area contributed by atoms with Gasteiger partial charge in [-0.25, -0.2) is 0 Å². The highest BCUT2D eigenvalue weighted by Crippen LogP contribution is 2.37. The number of nitrogens with one attached hydrogen (secondary N) is 2. The highest BCUT2D eigenvalue weighted by molar-refractivity contribution is 6.02. The number of halogens is 3. The molecular weight excluding hydrogens is 397 g/mol. The van der Waals surface area contributed by atoms with Crippen LogP contribution in [-0.2, 0) is 15.8 Å². The maximum Gasteiger partial charge on any atom is 0.416 e. The van der Waals surface area contributed by atoms with Crippen molar-refractivity contribution in [3.63, 3.8) is 0 Å². The number of nitrogens with zero attached hydrogens (tertiary/aromatic N) is 2. The van der Waals surface area contributed by atoms with Crippen LogP contribution in [0.15, 0.2) is 59.7 Å². The second-order valence-corrected chi connectivity index (χ2v) is 7.26. The van der Waals surface area contributed by atoms with Gasteiger partial charge in [0.15, 0.2) is 0 Å². The molecule has 2 N–H and O–H groups in total. The van der Waals surface area contributed by atoms with Crippen molar-refractivity contribution in [2.75, 3.05) is 11.6 Å². The summed E-state index contributed by atoms with van der Waals surface area (Å²) >= 11 is 0. The van der Waals surface area contributed by atoms with E-state index in [4.69, 9.17) is 0 Å². The molecule has 156 valence electrons. The Hall–Kier alpha value is -3.36. The maximum atomic E-state index is 13.2. The van der Waals surface area contributed by atoms with Crippen LogP contribution in [0.25, 0.3) is 0 Å². The van der Waals surface area contributed by atoms with Crippen LogP contribution in [0.1, 0.15) is 30.0 Å². The summed E-state index contributed by atoms with van der Waals surface area (Å²) in [5.74, 6) is -0.648. The Kier molecular flexibility index (Phi) is 5.19. The smallest absolute Gasteiger partial charge is 0.355 e. The average Bonchev–Trinajstić information content (AvgIpc) is 3.35. The van der Waals surface area contributed by atoms with Gasteiger partial charge in [0.2, 0.25) is 11.8 Å². The van der Waals surface area contributed by atoms with Gasteiger partial charge in [0.1, 0.15) is 5.84 Å². The van der Waals surface area contributed by atoms with Crippen molar-refractivity contribution in [3.8, 4) is 0 Å². The van der Waals surface area contributed by atoms with Crippen LogP contribution >= 0.6 is 0 Å². The number of hydrogen-bond donors (Lipinski definition) is 2. The van der Waals surface area contributed by atoms with Crippen molar-refractivity contribution in [1.29, 1.82) is 0 Å². The highest BCUT2D eigenvalue weighted by Gasteiger charge is 2.35. The number of anilines is 1. The molecule has 2 aromatic carbocycles. The summed E-state index contributed by atoms with van der Waals surface area (Å²) < 4.78 is 39.6. The molecule has 0 aliphatic carbocycles. The standard InChI is InChI=1S/C21H19F3N4O2/c22-21(23,24)15-6-4-5-13(9-15)17-11-18(26-20(30)14-10-19(29)25-12-14)27-28(17)16-7-2-1-3-8-16/h1-9,14,17H,10-12H2,(H,25,29)(H,26,27,30)/t14-,17?/m0/s1. The number of benzene rings is 2. The van der Waals surface area contributed by atoms with Gasteiger partial charge in [-0.05, 0) is 29.8 Å². The Labute approximate surface area is 170 Å². The zero-order chi connectivity index (χ0) is 21.3. The lowest BCUT2D eigenvalue weighted by molar-refractivity contribution is -0.137. The van der Waals surface area contributed by atoms with Gasteiger partial charge in [-0.1, -0.05) is 30.3 Å². The van der Waals surface area contributed by atoms with Crippen molar-refractivity contribution < 1.29 is 22.8 Å². The molecule has 0 saturated carbocycles. The minimum atomic E-state index is -4.45. The second-order valence-electron chi connectivity index (χ2n) is 7.26. The van der Waals surface area contributed by atoms with E-state index in [0.717, 1.165) is 12.1 Å². The first-order valence-electron chi connectivity index (χ1n) is 9.48. The number of rotatable bonds is 3. The molecule has 2 aromatic rings. The maximum absolute atomic E-state index is 13.2. The van der Waals surface area contributed by atoms with Crippen LogP contribution in [0.4, 0.5) is 18.9 Å². The molecule has 2 aliphatic heterocycles. The first-order valence-corrected chi connectivity index (χ1v) is 9.48. The highest BCUT2D eigenvalue weighted by atomic mass is 19.4. The molecule has 0 bridgehead atoms. The summed E-state index contributed by atoms with van der Waals surface area (Å²) in [6.45, 7) is 0.261. The average molecular weight is 416 g/mol. The fourth-order valence-electron chi connectivity index (χ4n) is 3.62. The van der Waals surface area contributed by atoms with E-state index in [9.17, 15) is 22.8 Å². The number of carbonyl (C=O) groups is 2. The molecule has 1 saturated heterocycles. The topological polar surface area (TPSA) is 73.8 Å². The molecule has 2 atom stereocenters. The van der Waals surface area contributed by atoms with E-state index in [2.05, 4.69) is 15.7 Å². The lowest BCUT2D eigenvalue weighted by Crippen LogP contribution is -2.36. The Morgan fingerprint density at radius 2 is 1.87 bits per heavy atom. The van der Waals surface area contributed by atoms with E-state index >= 15 is 0 Å². The van der Waals surface area contributed by atoms with E-state index in [1.165, 1.54) is 6.07 Å². The van der Waals surface area contributed by atoms with Crippen LogP contribution in [0.3, 0.4) is 0 Å². The van der Waals surface area contributed by atoms with Gasteiger partial charge in [0, 0.05) is 19.4 Å². The van der Waals surface area contributed by atoms with Gasteiger partial charge < -0.3 is 10.6 Å². The largest absolute Gasteiger partial charge is 0.416 e. The molecule has 1 fully saturated rings. The Bertz CT molecular complexity index is 991. The van der Waals surface area contributed by atoms with Gasteiger partial charge >= 0.3 is 6.18 Å². The van der Waals surface area contributed by atoms with Gasteiger partial charge in [-0.2, -0.15) is 18.3 Å². The van der Waals surface area contributed by atoms with Crippen LogP contribution < -0.4 is 15.6 Å². The number of amides is 2. The summed E-state index contributed by atoms with van der Waals surface area (Å²) in [5.41, 5.74) is 0.405. The molecule has 4 rings (SSSR count). The zero-order valence-corrected chi connectivity index (χ0v) is 15.8. The van der Waals surface area contributed by atoms with Gasteiger partial charge in [0.25, 0.3) is 0 Å². The molecule has 1 unspecified atom stereocenters. The second kappa shape index (κ2) is 7.81. The third kappa shape index (κ3) is 4.14. The van der Waals surface area contributed by atoms with Crippen molar-refractivity contribution in [3.05, 3.63) is 65.7 Å². The van der Waals surface area contributed by atoms with Gasteiger partial charge in [0.05, 0.1) is 23.2 Å². The molecule has 0 spiro atoms. The van der Waals surface area contributed by atoms with E-state index in [0.29, 0.717) is 17.1 Å². The summed E-state index contributed by atoms with van der Waals surface area (Å²) in [6, 6.07) is 13.7. The summed E-state index contributed by atoms with van der Waals surface area (Å²) in [7, 11) is 0. The summed E-state index contributed by atoms with van der Waals surface area (Å²) in [5, 5.41) is 11.4. The zero-order valence-electron chi connectivity index (χ0n) is 15.8. The number of hydrogen-bond acceptors (Lipinski definition) is 4. The summed E-state index contributed by atoms with van der Waals surface area (Å²) in [4.78, 5) is 23.8. The molecule has 6 nitrogen and oxygen atoms in total. The van der Waals surface area contributed by atoms with E-state index < -0.39 is 23.7 Å². The molecule has 30 heavy (non-hydrogen) atoms. The van der Waals surface area contributed by atoms with Crippen molar-refractivity contribution in [2.24, 2.45) is 11.0 Å². The number of amidine groups is 1. The van der Waals surface area contributed by atoms with Crippen molar-refractivity contribution >= 4 is 23.3 Å². The third-order valence-electron chi connectivity index (χ3n) is 5.15. The predicted molar refractivity (Wildman–Crippen MR) is 104 cm³/mol. The predicted octanol–water partition coefficient (Wildman–Crippen LogP) is 3.22. The molecular formula is C21H19F3N4O2. The molecule has 9 heteroatoms. The van der Waals surface area contributed by atoms with Gasteiger partial charge in [-0.15, -0.1) is 0 Å². The first-order chi connectivity index (χ1) is 14.3. The lowest BCUT2D eigenvalue weighted by atomic mass is 10.00. The third-order valence-corrected chi connectivity index (χ3v) is 5.15. The molecule has 0 aromatic heterocycles. The number of carbonyl (C=O) groups excluding carboxylic acids is 2. The van der Waals surface area contributed by atoms with E-state index in [1.807, 2.05) is 6.07 Å². The Balaban J connectivity index is 1.61. The molecule has 2 aliphatic rings. The van der Waals surface area contributed by atoms with Crippen LogP contribution in [-0.4, -0.2) is 24.2 Å². The Morgan fingerprint density at radius 1 is 1.10 bits per heavy atom. The van der Waals surface area contributed by atoms with E-state index in [1.54, 1.807) is 35.3 Å². The first kappa shape index (κ1) is 19.9. The van der Waals surface area contributed by atoms with Crippen LogP contribution in [0.5, 0.6) is 0 Å². The molecule has 2 heterocycles. The van der Waals surface area contributed by atoms with Gasteiger partial charge in [-0.3, -0.25) is 14.6 Å². The van der Waals surface area contributed by atoms with Crippen molar-refractivity contribution in [1.82, 2.24) is 10.6 Å².